The molecule has 0 spiro atoms. The van der Waals surface area contributed by atoms with Gasteiger partial charge in [0, 0.05) is 11.8 Å². The number of aldehydes is 1. The Bertz CT molecular complexity index is 1080. The molecule has 0 aromatic carbocycles. The molecule has 0 amide bonds. The minimum atomic E-state index is -5.97. The Morgan fingerprint density at radius 3 is 2.49 bits per heavy atom. The summed E-state index contributed by atoms with van der Waals surface area (Å²) >= 11 is 0. The third-order valence-corrected chi connectivity index (χ3v) is 10.3. The van der Waals surface area contributed by atoms with Gasteiger partial charge < -0.3 is 23.7 Å². The Hall–Kier alpha value is -1.70. The van der Waals surface area contributed by atoms with E-state index < -0.39 is 44.8 Å². The van der Waals surface area contributed by atoms with E-state index in [4.69, 9.17) is 23.5 Å². The highest BCUT2D eigenvalue weighted by atomic mass is 32.2. The van der Waals surface area contributed by atoms with Crippen LogP contribution in [0.2, 0.25) is 0 Å². The molecule has 39 heavy (non-hydrogen) atoms. The van der Waals surface area contributed by atoms with Crippen molar-refractivity contribution in [1.29, 1.82) is 0 Å². The van der Waals surface area contributed by atoms with Crippen LogP contribution in [0.15, 0.2) is 0 Å². The maximum atomic E-state index is 13.9. The fourth-order valence-corrected chi connectivity index (χ4v) is 8.16. The Kier molecular flexibility index (Phi) is 7.84. The average molecular weight is 579 g/mol. The van der Waals surface area contributed by atoms with Gasteiger partial charge in [-0.15, -0.1) is 0 Å². The number of esters is 2. The molecule has 0 aromatic heterocycles. The second-order valence-electron chi connectivity index (χ2n) is 12.4. The van der Waals surface area contributed by atoms with E-state index in [9.17, 15) is 31.6 Å². The van der Waals surface area contributed by atoms with Gasteiger partial charge in [-0.25, -0.2) is 4.79 Å². The number of hydrogen-bond donors (Lipinski definition) is 1. The van der Waals surface area contributed by atoms with Gasteiger partial charge in [-0.1, -0.05) is 19.3 Å². The van der Waals surface area contributed by atoms with Crippen LogP contribution < -0.4 is 0 Å². The number of alkyl halides is 2. The van der Waals surface area contributed by atoms with Crippen molar-refractivity contribution in [2.45, 2.75) is 100 Å². The van der Waals surface area contributed by atoms with E-state index >= 15 is 0 Å². The van der Waals surface area contributed by atoms with Crippen LogP contribution in [0, 0.1) is 29.1 Å². The molecule has 13 heteroatoms. The number of hydrogen-bond acceptors (Lipinski definition) is 9. The fourth-order valence-electron chi connectivity index (χ4n) is 7.91. The molecule has 4 saturated carbocycles. The molecule has 1 N–H and O–H groups in total. The predicted octanol–water partition coefficient (Wildman–Crippen LogP) is 3.42. The Morgan fingerprint density at radius 2 is 1.77 bits per heavy atom. The molecule has 5 aliphatic rings. The van der Waals surface area contributed by atoms with E-state index in [2.05, 4.69) is 0 Å². The number of halogens is 2. The highest BCUT2D eigenvalue weighted by Gasteiger charge is 2.58. The van der Waals surface area contributed by atoms with Crippen LogP contribution >= 0.6 is 0 Å². The van der Waals surface area contributed by atoms with Crippen LogP contribution in [-0.4, -0.2) is 67.7 Å². The second-order valence-corrected chi connectivity index (χ2v) is 13.8. The molecular formula is C26H36F2O10S. The number of carbonyl (C=O) groups is 3. The highest BCUT2D eigenvalue weighted by molar-refractivity contribution is 7.87. The fraction of sp³-hybridized carbons (Fsp3) is 0.885. The third kappa shape index (κ3) is 5.73. The lowest BCUT2D eigenvalue weighted by Crippen LogP contribution is -2.51. The first-order valence-corrected chi connectivity index (χ1v) is 15.3. The van der Waals surface area contributed by atoms with E-state index in [0.29, 0.717) is 38.0 Å². The summed E-state index contributed by atoms with van der Waals surface area (Å²) in [5.74, 6) is -2.62. The van der Waals surface area contributed by atoms with Gasteiger partial charge in [0.05, 0.1) is 12.0 Å². The van der Waals surface area contributed by atoms with E-state index in [-0.39, 0.29) is 49.8 Å². The Balaban J connectivity index is 1.18. The molecular weight excluding hydrogens is 542 g/mol. The first-order valence-electron chi connectivity index (χ1n) is 13.8. The lowest BCUT2D eigenvalue weighted by Gasteiger charge is -2.48. The lowest BCUT2D eigenvalue weighted by molar-refractivity contribution is -0.201. The quantitative estimate of drug-likeness (QED) is 0.259. The van der Waals surface area contributed by atoms with Crippen molar-refractivity contribution in [3.8, 4) is 0 Å². The largest absolute Gasteiger partial charge is 0.465 e. The van der Waals surface area contributed by atoms with E-state index in [1.54, 1.807) is 0 Å². The summed E-state index contributed by atoms with van der Waals surface area (Å²) in [6.45, 7) is 0.156. The molecule has 1 saturated heterocycles. The van der Waals surface area contributed by atoms with Gasteiger partial charge in [-0.3, -0.25) is 9.35 Å². The molecule has 5 fully saturated rings. The van der Waals surface area contributed by atoms with Crippen molar-refractivity contribution in [2.24, 2.45) is 29.1 Å². The predicted molar refractivity (Wildman–Crippen MR) is 129 cm³/mol. The number of fused-ring (bicyclic) bond motifs is 4. The summed E-state index contributed by atoms with van der Waals surface area (Å²) in [4.78, 5) is 36.7. The van der Waals surface area contributed by atoms with Gasteiger partial charge >= 0.3 is 27.3 Å². The summed E-state index contributed by atoms with van der Waals surface area (Å²) in [6.07, 6.45) is 7.26. The topological polar surface area (TPSA) is 142 Å². The van der Waals surface area contributed by atoms with Crippen LogP contribution in [0.4, 0.5) is 8.78 Å². The Labute approximate surface area is 226 Å². The van der Waals surface area contributed by atoms with Crippen LogP contribution in [0.25, 0.3) is 0 Å². The molecule has 0 radical (unpaired) electrons. The minimum Gasteiger partial charge on any atom is -0.462 e. The molecule has 220 valence electrons. The smallest absolute Gasteiger partial charge is 0.462 e. The summed E-state index contributed by atoms with van der Waals surface area (Å²) in [7, 11) is -5.97. The number of ether oxygens (including phenoxy) is 4. The molecule has 1 heterocycles. The van der Waals surface area contributed by atoms with E-state index in [0.717, 1.165) is 38.4 Å². The van der Waals surface area contributed by atoms with Crippen LogP contribution in [0.5, 0.6) is 0 Å². The van der Waals surface area contributed by atoms with Crippen LogP contribution in [0.1, 0.15) is 77.0 Å². The number of rotatable bonds is 8. The lowest BCUT2D eigenvalue weighted by atomic mass is 9.59. The van der Waals surface area contributed by atoms with Gasteiger partial charge in [0.1, 0.15) is 24.6 Å². The summed E-state index contributed by atoms with van der Waals surface area (Å²) in [6, 6.07) is 0. The van der Waals surface area contributed by atoms with E-state index in [1.807, 2.05) is 0 Å². The maximum absolute atomic E-state index is 13.9. The van der Waals surface area contributed by atoms with Crippen molar-refractivity contribution >= 4 is 28.3 Å². The van der Waals surface area contributed by atoms with Crippen molar-refractivity contribution in [2.75, 3.05) is 13.2 Å². The average Bonchev–Trinajstić information content (AvgIpc) is 3.35. The monoisotopic (exact) mass is 578 g/mol. The van der Waals surface area contributed by atoms with Crippen molar-refractivity contribution in [1.82, 2.24) is 0 Å². The second kappa shape index (κ2) is 10.6. The van der Waals surface area contributed by atoms with Gasteiger partial charge in [0.15, 0.2) is 6.29 Å². The first-order chi connectivity index (χ1) is 18.3. The first kappa shape index (κ1) is 28.8. The van der Waals surface area contributed by atoms with Gasteiger partial charge in [0.2, 0.25) is 0 Å². The SMILES string of the molecule is O=CC1CC2CCCC(C(=O)OCC3COC(C4CC5CCCC(OC(=O)C(F)(F)S(=O)(=O)O)(C5)C4)O3)(C1)C2. The minimum absolute atomic E-state index is 0.00956. The van der Waals surface area contributed by atoms with Crippen LogP contribution in [0.3, 0.4) is 0 Å². The highest BCUT2D eigenvalue weighted by Crippen LogP contribution is 2.52. The zero-order chi connectivity index (χ0) is 28.1. The van der Waals surface area contributed by atoms with E-state index in [1.165, 1.54) is 0 Å². The third-order valence-electron chi connectivity index (χ3n) is 9.47. The van der Waals surface area contributed by atoms with Crippen molar-refractivity contribution in [3.05, 3.63) is 0 Å². The van der Waals surface area contributed by atoms with Gasteiger partial charge in [-0.2, -0.15) is 17.2 Å². The molecule has 0 aromatic rings. The molecule has 4 bridgehead atoms. The van der Waals surface area contributed by atoms with Crippen LogP contribution in [-0.2, 0) is 43.4 Å². The molecule has 8 unspecified atom stereocenters. The summed E-state index contributed by atoms with van der Waals surface area (Å²) in [5.41, 5.74) is -1.94. The summed E-state index contributed by atoms with van der Waals surface area (Å²) in [5, 5.41) is -5.06. The normalized spacial score (nSPS) is 40.5. The van der Waals surface area contributed by atoms with Crippen molar-refractivity contribution < 1.29 is 55.1 Å². The molecule has 5 rings (SSSR count). The summed E-state index contributed by atoms with van der Waals surface area (Å²) < 4.78 is 81.4. The molecule has 8 atom stereocenters. The molecule has 4 aliphatic carbocycles. The van der Waals surface area contributed by atoms with Gasteiger partial charge in [0.25, 0.3) is 0 Å². The molecule has 10 nitrogen and oxygen atoms in total. The van der Waals surface area contributed by atoms with Crippen molar-refractivity contribution in [3.63, 3.8) is 0 Å². The zero-order valence-corrected chi connectivity index (χ0v) is 22.5. The number of carbonyl (C=O) groups excluding carboxylic acids is 3. The van der Waals surface area contributed by atoms with Gasteiger partial charge in [-0.05, 0) is 69.6 Å². The Morgan fingerprint density at radius 1 is 1.05 bits per heavy atom. The maximum Gasteiger partial charge on any atom is 0.465 e. The molecule has 1 aliphatic heterocycles. The standard InChI is InChI=1S/C26H36F2O10S/c27-26(28,39(32,33)34)23(31)38-25-6-2-4-17(11-25)8-19(12-25)21-35-14-20(37-21)15-36-22(30)24-5-1-3-16(9-24)7-18(10-24)13-29/h13,16-21H,1-12,14-15H2,(H,32,33,34). The zero-order valence-electron chi connectivity index (χ0n) is 21.7.